The minimum atomic E-state index is -3.82. The van der Waals surface area contributed by atoms with Gasteiger partial charge in [-0.2, -0.15) is 0 Å². The quantitative estimate of drug-likeness (QED) is 0.465. The van der Waals surface area contributed by atoms with E-state index < -0.39 is 63.5 Å². The predicted molar refractivity (Wildman–Crippen MR) is 90.6 cm³/mol. The summed E-state index contributed by atoms with van der Waals surface area (Å²) in [5.74, 6) is 3.41. The molecule has 23 heavy (non-hydrogen) atoms. The lowest BCUT2D eigenvalue weighted by Crippen LogP contribution is -2.29. The van der Waals surface area contributed by atoms with Gasteiger partial charge in [-0.05, 0) is 12.8 Å². The van der Waals surface area contributed by atoms with Gasteiger partial charge in [-0.15, -0.1) is 19.3 Å². The van der Waals surface area contributed by atoms with Gasteiger partial charge < -0.3 is 0 Å². The van der Waals surface area contributed by atoms with Crippen LogP contribution in [0.5, 0.6) is 0 Å². The fourth-order valence-corrected chi connectivity index (χ4v) is 5.56. The van der Waals surface area contributed by atoms with Crippen LogP contribution < -0.4 is 0 Å². The molecule has 0 aliphatic heterocycles. The number of sulfone groups is 3. The number of hydrogen-bond acceptors (Lipinski definition) is 6. The molecule has 0 aliphatic rings. The first-order chi connectivity index (χ1) is 10.5. The maximum atomic E-state index is 12.1. The van der Waals surface area contributed by atoms with Gasteiger partial charge in [-0.1, -0.05) is 17.8 Å². The van der Waals surface area contributed by atoms with Crippen LogP contribution in [0, 0.1) is 37.0 Å². The lowest BCUT2D eigenvalue weighted by atomic mass is 10.3. The van der Waals surface area contributed by atoms with Crippen LogP contribution in [0.2, 0.25) is 0 Å². The largest absolute Gasteiger partial charge is 0.228 e. The molecule has 0 saturated heterocycles. The summed E-state index contributed by atoms with van der Waals surface area (Å²) in [6.07, 6.45) is 14.3. The van der Waals surface area contributed by atoms with Crippen LogP contribution in [0.1, 0.15) is 12.8 Å². The van der Waals surface area contributed by atoms with Crippen molar-refractivity contribution in [1.29, 1.82) is 0 Å². The number of rotatable bonds is 10. The third-order valence-corrected chi connectivity index (χ3v) is 7.89. The Morgan fingerprint density at radius 3 is 1.30 bits per heavy atom. The van der Waals surface area contributed by atoms with Crippen LogP contribution in [0.25, 0.3) is 0 Å². The first-order valence-corrected chi connectivity index (χ1v) is 11.8. The third kappa shape index (κ3) is 8.66. The molecule has 9 heteroatoms. The van der Waals surface area contributed by atoms with Crippen molar-refractivity contribution < 1.29 is 25.3 Å². The normalized spacial score (nSPS) is 12.3. The smallest absolute Gasteiger partial charge is 0.164 e. The zero-order valence-corrected chi connectivity index (χ0v) is 14.9. The van der Waals surface area contributed by atoms with Crippen LogP contribution in [-0.4, -0.2) is 59.3 Å². The Kier molecular flexibility index (Phi) is 8.41. The average Bonchev–Trinajstić information content (AvgIpc) is 2.37. The number of terminal acetylenes is 3. The Balaban J connectivity index is 5.19. The standard InChI is InChI=1S/C14H18O6S3/c1-4-9-21(15,16)12-7-14(23(19,20)11-6-3)8-13-22(17,18)10-5-2/h1-3,14H,7-13H2. The fraction of sp³-hybridized carbons (Fsp3) is 0.571. The van der Waals surface area contributed by atoms with E-state index in [9.17, 15) is 25.3 Å². The Bertz CT molecular complexity index is 778. The molecule has 0 unspecified atom stereocenters. The molecule has 0 aromatic heterocycles. The van der Waals surface area contributed by atoms with Gasteiger partial charge in [-0.25, -0.2) is 25.3 Å². The maximum Gasteiger partial charge on any atom is 0.164 e. The van der Waals surface area contributed by atoms with Gasteiger partial charge in [0, 0.05) is 0 Å². The van der Waals surface area contributed by atoms with Crippen LogP contribution in [-0.2, 0) is 29.5 Å². The van der Waals surface area contributed by atoms with Gasteiger partial charge in [-0.3, -0.25) is 0 Å². The molecule has 128 valence electrons. The summed E-state index contributed by atoms with van der Waals surface area (Å²) in [6.45, 7) is 0. The van der Waals surface area contributed by atoms with Gasteiger partial charge in [0.2, 0.25) is 0 Å². The molecule has 0 N–H and O–H groups in total. The molecular formula is C14H18O6S3. The maximum absolute atomic E-state index is 12.1. The van der Waals surface area contributed by atoms with Gasteiger partial charge in [0.1, 0.15) is 17.3 Å². The lowest BCUT2D eigenvalue weighted by molar-refractivity contribution is 0.567. The van der Waals surface area contributed by atoms with Crippen molar-refractivity contribution in [3.63, 3.8) is 0 Å². The van der Waals surface area contributed by atoms with Crippen molar-refractivity contribution in [2.75, 3.05) is 28.8 Å². The van der Waals surface area contributed by atoms with E-state index in [1.807, 2.05) is 17.8 Å². The van der Waals surface area contributed by atoms with E-state index in [4.69, 9.17) is 19.3 Å². The SMILES string of the molecule is C#CCS(=O)(=O)CCC(CCS(=O)(=O)CC#C)S(=O)(=O)CC#C. The van der Waals surface area contributed by atoms with Crippen molar-refractivity contribution in [3.8, 4) is 37.0 Å². The summed E-state index contributed by atoms with van der Waals surface area (Å²) < 4.78 is 70.5. The van der Waals surface area contributed by atoms with Crippen molar-refractivity contribution in [1.82, 2.24) is 0 Å². The van der Waals surface area contributed by atoms with E-state index in [-0.39, 0.29) is 12.8 Å². The molecule has 0 aliphatic carbocycles. The summed E-state index contributed by atoms with van der Waals surface area (Å²) in [4.78, 5) is 0. The van der Waals surface area contributed by atoms with E-state index in [2.05, 4.69) is 0 Å². The molecule has 6 nitrogen and oxygen atoms in total. The highest BCUT2D eigenvalue weighted by atomic mass is 32.2. The second-order valence-electron chi connectivity index (χ2n) is 4.80. The molecule has 0 bridgehead atoms. The molecule has 0 atom stereocenters. The Labute approximate surface area is 138 Å². The molecule has 0 spiro atoms. The molecule has 0 aromatic rings. The summed E-state index contributed by atoms with van der Waals surface area (Å²) in [5.41, 5.74) is 0. The van der Waals surface area contributed by atoms with Crippen molar-refractivity contribution >= 4 is 29.5 Å². The van der Waals surface area contributed by atoms with Gasteiger partial charge in [0.25, 0.3) is 0 Å². The van der Waals surface area contributed by atoms with E-state index in [0.29, 0.717) is 0 Å². The molecule has 0 amide bonds. The summed E-state index contributed by atoms with van der Waals surface area (Å²) in [6, 6.07) is 0. The molecule has 0 aromatic carbocycles. The summed E-state index contributed by atoms with van der Waals surface area (Å²) >= 11 is 0. The zero-order valence-electron chi connectivity index (χ0n) is 12.4. The van der Waals surface area contributed by atoms with E-state index >= 15 is 0 Å². The third-order valence-electron chi connectivity index (χ3n) is 2.90. The molecule has 0 rings (SSSR count). The average molecular weight is 378 g/mol. The second-order valence-corrected chi connectivity index (χ2v) is 11.5. The molecule has 0 radical (unpaired) electrons. The lowest BCUT2D eigenvalue weighted by Gasteiger charge is -2.16. The van der Waals surface area contributed by atoms with Crippen LogP contribution >= 0.6 is 0 Å². The van der Waals surface area contributed by atoms with E-state index in [1.165, 1.54) is 0 Å². The van der Waals surface area contributed by atoms with E-state index in [0.717, 1.165) is 0 Å². The fourth-order valence-electron chi connectivity index (χ4n) is 1.76. The Morgan fingerprint density at radius 2 is 1.00 bits per heavy atom. The molecule has 0 fully saturated rings. The zero-order chi connectivity index (χ0) is 18.1. The molecule has 0 saturated carbocycles. The summed E-state index contributed by atoms with van der Waals surface area (Å²) in [7, 11) is -11.0. The highest BCUT2D eigenvalue weighted by Gasteiger charge is 2.28. The minimum absolute atomic E-state index is 0.264. The Morgan fingerprint density at radius 1 is 0.652 bits per heavy atom. The van der Waals surface area contributed by atoms with Crippen LogP contribution in [0.15, 0.2) is 0 Å². The second kappa shape index (κ2) is 8.98. The molecular weight excluding hydrogens is 360 g/mol. The number of hydrogen-bond donors (Lipinski definition) is 0. The van der Waals surface area contributed by atoms with Crippen molar-refractivity contribution in [2.45, 2.75) is 18.1 Å². The molecule has 0 heterocycles. The monoisotopic (exact) mass is 378 g/mol. The van der Waals surface area contributed by atoms with Crippen LogP contribution in [0.3, 0.4) is 0 Å². The highest BCUT2D eigenvalue weighted by Crippen LogP contribution is 2.15. The van der Waals surface area contributed by atoms with Gasteiger partial charge in [0.05, 0.1) is 16.8 Å². The first kappa shape index (κ1) is 21.5. The van der Waals surface area contributed by atoms with E-state index in [1.54, 1.807) is 0 Å². The summed E-state index contributed by atoms with van der Waals surface area (Å²) in [5, 5.41) is -1.18. The van der Waals surface area contributed by atoms with Crippen molar-refractivity contribution in [2.24, 2.45) is 0 Å². The topological polar surface area (TPSA) is 102 Å². The van der Waals surface area contributed by atoms with Gasteiger partial charge >= 0.3 is 0 Å². The Hall–Kier alpha value is -1.47. The van der Waals surface area contributed by atoms with Crippen LogP contribution in [0.4, 0.5) is 0 Å². The first-order valence-electron chi connectivity index (χ1n) is 6.42. The minimum Gasteiger partial charge on any atom is -0.228 e. The predicted octanol–water partition coefficient (Wildman–Crippen LogP) is -0.721. The highest BCUT2D eigenvalue weighted by molar-refractivity contribution is 7.93. The van der Waals surface area contributed by atoms with Gasteiger partial charge in [0.15, 0.2) is 29.5 Å². The van der Waals surface area contributed by atoms with Crippen molar-refractivity contribution in [3.05, 3.63) is 0 Å².